The number of hydrogen-bond donors (Lipinski definition) is 0. The van der Waals surface area contributed by atoms with Crippen LogP contribution in [0.2, 0.25) is 0 Å². The number of rotatable bonds is 7. The fourth-order valence-electron chi connectivity index (χ4n) is 2.37. The topological polar surface area (TPSA) is 9.23 Å². The molecule has 17 heavy (non-hydrogen) atoms. The highest BCUT2D eigenvalue weighted by atomic mass is 16.5. The van der Waals surface area contributed by atoms with Gasteiger partial charge < -0.3 is 4.74 Å². The van der Waals surface area contributed by atoms with Crippen LogP contribution in [0.1, 0.15) is 57.9 Å². The largest absolute Gasteiger partial charge is 0.497 e. The number of unbranched alkanes of at least 4 members (excludes halogenated alkanes) is 2. The summed E-state index contributed by atoms with van der Waals surface area (Å²) in [6, 6.07) is 8.55. The molecule has 1 atom stereocenters. The first-order valence-corrected chi connectivity index (χ1v) is 6.83. The lowest BCUT2D eigenvalue weighted by Gasteiger charge is -2.21. The smallest absolute Gasteiger partial charge is 0.119 e. The summed E-state index contributed by atoms with van der Waals surface area (Å²) in [5, 5.41) is 0. The van der Waals surface area contributed by atoms with Gasteiger partial charge in [0.2, 0.25) is 0 Å². The Balaban J connectivity index is 2.74. The summed E-state index contributed by atoms with van der Waals surface area (Å²) < 4.78 is 5.31. The van der Waals surface area contributed by atoms with E-state index in [-0.39, 0.29) is 0 Å². The van der Waals surface area contributed by atoms with E-state index in [4.69, 9.17) is 4.74 Å². The first-order valence-electron chi connectivity index (χ1n) is 6.83. The van der Waals surface area contributed by atoms with Crippen LogP contribution in [0, 0.1) is 5.92 Å². The Morgan fingerprint density at radius 2 is 1.94 bits per heavy atom. The van der Waals surface area contributed by atoms with E-state index in [1.165, 1.54) is 31.2 Å². The van der Waals surface area contributed by atoms with Gasteiger partial charge in [-0.3, -0.25) is 0 Å². The minimum absolute atomic E-state index is 0.664. The van der Waals surface area contributed by atoms with Gasteiger partial charge >= 0.3 is 0 Å². The molecule has 0 radical (unpaired) electrons. The van der Waals surface area contributed by atoms with E-state index in [0.29, 0.717) is 11.8 Å². The SMILES string of the molecule is CCCCCC(c1cccc(OC)c1)C(C)C. The molecule has 1 heteroatoms. The Labute approximate surface area is 106 Å². The molecular formula is C16H26O. The predicted molar refractivity (Wildman–Crippen MR) is 74.7 cm³/mol. The van der Waals surface area contributed by atoms with E-state index in [9.17, 15) is 0 Å². The van der Waals surface area contributed by atoms with E-state index < -0.39 is 0 Å². The monoisotopic (exact) mass is 234 g/mol. The molecule has 0 saturated carbocycles. The Kier molecular flexibility index (Phi) is 6.10. The fraction of sp³-hybridized carbons (Fsp3) is 0.625. The average molecular weight is 234 g/mol. The van der Waals surface area contributed by atoms with Gasteiger partial charge in [0.25, 0.3) is 0 Å². The second-order valence-electron chi connectivity index (χ2n) is 5.12. The van der Waals surface area contributed by atoms with Crippen molar-refractivity contribution in [3.05, 3.63) is 29.8 Å². The van der Waals surface area contributed by atoms with Gasteiger partial charge in [-0.25, -0.2) is 0 Å². The molecule has 0 spiro atoms. The summed E-state index contributed by atoms with van der Waals surface area (Å²) in [6.45, 7) is 6.89. The molecular weight excluding hydrogens is 208 g/mol. The zero-order chi connectivity index (χ0) is 12.7. The highest BCUT2D eigenvalue weighted by molar-refractivity contribution is 5.31. The molecule has 0 aliphatic heterocycles. The van der Waals surface area contributed by atoms with Gasteiger partial charge in [0.05, 0.1) is 7.11 Å². The molecule has 1 rings (SSSR count). The number of ether oxygens (including phenoxy) is 1. The van der Waals surface area contributed by atoms with Crippen LogP contribution in [-0.2, 0) is 0 Å². The van der Waals surface area contributed by atoms with Crippen molar-refractivity contribution in [2.45, 2.75) is 52.4 Å². The van der Waals surface area contributed by atoms with Crippen molar-refractivity contribution < 1.29 is 4.74 Å². The minimum Gasteiger partial charge on any atom is -0.497 e. The van der Waals surface area contributed by atoms with Gasteiger partial charge in [0.1, 0.15) is 5.75 Å². The predicted octanol–water partition coefficient (Wildman–Crippen LogP) is 5.02. The van der Waals surface area contributed by atoms with Crippen LogP contribution in [0.5, 0.6) is 5.75 Å². The summed E-state index contributed by atoms with van der Waals surface area (Å²) in [5.74, 6) is 2.33. The third kappa shape index (κ3) is 4.41. The van der Waals surface area contributed by atoms with Crippen molar-refractivity contribution in [3.8, 4) is 5.75 Å². The second-order valence-corrected chi connectivity index (χ2v) is 5.12. The maximum absolute atomic E-state index is 5.31. The van der Waals surface area contributed by atoms with Gasteiger partial charge in [-0.1, -0.05) is 52.2 Å². The maximum atomic E-state index is 5.31. The van der Waals surface area contributed by atoms with Crippen molar-refractivity contribution in [3.63, 3.8) is 0 Å². The number of hydrogen-bond acceptors (Lipinski definition) is 1. The standard InChI is InChI=1S/C16H26O/c1-5-6-7-11-16(13(2)3)14-9-8-10-15(12-14)17-4/h8-10,12-13,16H,5-7,11H2,1-4H3. The Bertz CT molecular complexity index is 317. The maximum Gasteiger partial charge on any atom is 0.119 e. The van der Waals surface area contributed by atoms with E-state index >= 15 is 0 Å². The molecule has 0 amide bonds. The van der Waals surface area contributed by atoms with Crippen LogP contribution in [0.25, 0.3) is 0 Å². The summed E-state index contributed by atoms with van der Waals surface area (Å²) in [4.78, 5) is 0. The Morgan fingerprint density at radius 3 is 2.53 bits per heavy atom. The molecule has 1 aromatic carbocycles. The van der Waals surface area contributed by atoms with Gasteiger partial charge in [-0.15, -0.1) is 0 Å². The Hall–Kier alpha value is -0.980. The van der Waals surface area contributed by atoms with E-state index in [0.717, 1.165) is 5.75 Å². The molecule has 0 bridgehead atoms. The minimum atomic E-state index is 0.664. The highest BCUT2D eigenvalue weighted by Gasteiger charge is 2.15. The first-order chi connectivity index (χ1) is 8.19. The lowest BCUT2D eigenvalue weighted by molar-refractivity contribution is 0.409. The zero-order valence-electron chi connectivity index (χ0n) is 11.7. The van der Waals surface area contributed by atoms with Crippen LogP contribution in [0.3, 0.4) is 0 Å². The van der Waals surface area contributed by atoms with Gasteiger partial charge in [0.15, 0.2) is 0 Å². The molecule has 0 aromatic heterocycles. The summed E-state index contributed by atoms with van der Waals surface area (Å²) in [7, 11) is 1.74. The summed E-state index contributed by atoms with van der Waals surface area (Å²) >= 11 is 0. The molecule has 0 aliphatic carbocycles. The Morgan fingerprint density at radius 1 is 1.18 bits per heavy atom. The molecule has 0 fully saturated rings. The van der Waals surface area contributed by atoms with Crippen molar-refractivity contribution >= 4 is 0 Å². The van der Waals surface area contributed by atoms with Gasteiger partial charge in [0, 0.05) is 0 Å². The van der Waals surface area contributed by atoms with Gasteiger partial charge in [-0.2, -0.15) is 0 Å². The first kappa shape index (κ1) is 14.1. The number of methoxy groups -OCH3 is 1. The molecule has 0 aliphatic rings. The molecule has 1 nitrogen and oxygen atoms in total. The lowest BCUT2D eigenvalue weighted by atomic mass is 9.84. The van der Waals surface area contributed by atoms with Crippen LogP contribution in [0.15, 0.2) is 24.3 Å². The van der Waals surface area contributed by atoms with Crippen LogP contribution in [0.4, 0.5) is 0 Å². The summed E-state index contributed by atoms with van der Waals surface area (Å²) in [5.41, 5.74) is 1.43. The molecule has 0 heterocycles. The fourth-order valence-corrected chi connectivity index (χ4v) is 2.37. The molecule has 1 aromatic rings. The second kappa shape index (κ2) is 7.37. The third-order valence-electron chi connectivity index (χ3n) is 3.45. The number of benzene rings is 1. The quantitative estimate of drug-likeness (QED) is 0.602. The van der Waals surface area contributed by atoms with E-state index in [2.05, 4.69) is 39.0 Å². The van der Waals surface area contributed by atoms with Crippen LogP contribution < -0.4 is 4.74 Å². The van der Waals surface area contributed by atoms with Crippen molar-refractivity contribution in [1.82, 2.24) is 0 Å². The van der Waals surface area contributed by atoms with Crippen LogP contribution in [-0.4, -0.2) is 7.11 Å². The lowest BCUT2D eigenvalue weighted by Crippen LogP contribution is -2.07. The molecule has 0 N–H and O–H groups in total. The highest BCUT2D eigenvalue weighted by Crippen LogP contribution is 2.31. The third-order valence-corrected chi connectivity index (χ3v) is 3.45. The van der Waals surface area contributed by atoms with E-state index in [1.807, 2.05) is 6.07 Å². The molecule has 96 valence electrons. The zero-order valence-corrected chi connectivity index (χ0v) is 11.7. The van der Waals surface area contributed by atoms with Crippen molar-refractivity contribution in [2.75, 3.05) is 7.11 Å². The van der Waals surface area contributed by atoms with Crippen molar-refractivity contribution in [1.29, 1.82) is 0 Å². The molecule has 1 unspecified atom stereocenters. The van der Waals surface area contributed by atoms with Gasteiger partial charge in [-0.05, 0) is 36.0 Å². The molecule has 0 saturated heterocycles. The average Bonchev–Trinajstić information content (AvgIpc) is 2.34. The summed E-state index contributed by atoms with van der Waals surface area (Å²) in [6.07, 6.45) is 5.26. The van der Waals surface area contributed by atoms with Crippen molar-refractivity contribution in [2.24, 2.45) is 5.92 Å². The van der Waals surface area contributed by atoms with E-state index in [1.54, 1.807) is 7.11 Å². The normalized spacial score (nSPS) is 12.8. The van der Waals surface area contributed by atoms with Crippen LogP contribution >= 0.6 is 0 Å².